The van der Waals surface area contributed by atoms with E-state index in [0.717, 1.165) is 12.8 Å². The Balaban J connectivity index is 2.14. The van der Waals surface area contributed by atoms with Crippen LogP contribution in [-0.4, -0.2) is 40.8 Å². The van der Waals surface area contributed by atoms with Crippen LogP contribution in [0.3, 0.4) is 0 Å². The third kappa shape index (κ3) is 5.15. The van der Waals surface area contributed by atoms with E-state index in [-0.39, 0.29) is 24.9 Å². The van der Waals surface area contributed by atoms with E-state index >= 15 is 0 Å². The van der Waals surface area contributed by atoms with Gasteiger partial charge in [0.05, 0.1) is 17.8 Å². The lowest BCUT2D eigenvalue weighted by Crippen LogP contribution is -2.45. The molecule has 0 heterocycles. The highest BCUT2D eigenvalue weighted by Crippen LogP contribution is 2.31. The van der Waals surface area contributed by atoms with Gasteiger partial charge >= 0.3 is 6.03 Å². The largest absolute Gasteiger partial charge is 0.479 e. The number of hydrogen-bond donors (Lipinski definition) is 2. The van der Waals surface area contributed by atoms with Crippen molar-refractivity contribution >= 4 is 11.7 Å². The molecule has 1 aromatic rings. The Morgan fingerprint density at radius 3 is 2.83 bits per heavy atom. The third-order valence-corrected chi connectivity index (χ3v) is 3.30. The standard InChI is InChI=1S/C17H21FN2O3/c1-4-9-23-15-8-5-12(18)10-14(15)19-16(21)20(13-6-7-13)11-17(2,3)22/h1,5,8,10,13,22H,6-7,9,11H2,2-3H3,(H,19,21). The van der Waals surface area contributed by atoms with Gasteiger partial charge in [-0.25, -0.2) is 9.18 Å². The summed E-state index contributed by atoms with van der Waals surface area (Å²) in [7, 11) is 0. The summed E-state index contributed by atoms with van der Waals surface area (Å²) in [6.45, 7) is 3.49. The second-order valence-corrected chi connectivity index (χ2v) is 6.23. The summed E-state index contributed by atoms with van der Waals surface area (Å²) >= 11 is 0. The zero-order chi connectivity index (χ0) is 17.0. The Hall–Kier alpha value is -2.26. The van der Waals surface area contributed by atoms with Crippen molar-refractivity contribution < 1.29 is 19.0 Å². The lowest BCUT2D eigenvalue weighted by atomic mass is 10.1. The first-order chi connectivity index (χ1) is 10.8. The van der Waals surface area contributed by atoms with Gasteiger partial charge in [-0.2, -0.15) is 0 Å². The van der Waals surface area contributed by atoms with Crippen LogP contribution in [-0.2, 0) is 0 Å². The van der Waals surface area contributed by atoms with Gasteiger partial charge in [0.15, 0.2) is 0 Å². The number of carbonyl (C=O) groups excluding carboxylic acids is 1. The maximum Gasteiger partial charge on any atom is 0.322 e. The normalized spacial score (nSPS) is 14.0. The molecule has 23 heavy (non-hydrogen) atoms. The predicted octanol–water partition coefficient (Wildman–Crippen LogP) is 2.60. The van der Waals surface area contributed by atoms with E-state index < -0.39 is 17.4 Å². The topological polar surface area (TPSA) is 61.8 Å². The molecule has 0 spiro atoms. The van der Waals surface area contributed by atoms with E-state index in [2.05, 4.69) is 11.2 Å². The van der Waals surface area contributed by atoms with E-state index in [9.17, 15) is 14.3 Å². The van der Waals surface area contributed by atoms with Crippen molar-refractivity contribution in [2.45, 2.75) is 38.3 Å². The predicted molar refractivity (Wildman–Crippen MR) is 85.8 cm³/mol. The van der Waals surface area contributed by atoms with Crippen LogP contribution in [0, 0.1) is 18.2 Å². The highest BCUT2D eigenvalue weighted by atomic mass is 19.1. The minimum atomic E-state index is -1.01. The molecule has 2 N–H and O–H groups in total. The molecule has 0 radical (unpaired) electrons. The first-order valence-electron chi connectivity index (χ1n) is 7.46. The lowest BCUT2D eigenvalue weighted by Gasteiger charge is -2.29. The van der Waals surface area contributed by atoms with Gasteiger partial charge in [-0.05, 0) is 38.8 Å². The summed E-state index contributed by atoms with van der Waals surface area (Å²) in [6, 6.07) is 3.53. The van der Waals surface area contributed by atoms with Crippen LogP contribution in [0.25, 0.3) is 0 Å². The number of amides is 2. The second-order valence-electron chi connectivity index (χ2n) is 6.23. The van der Waals surface area contributed by atoms with E-state index in [0.29, 0.717) is 5.75 Å². The Labute approximate surface area is 135 Å². The molecule has 2 rings (SSSR count). The highest BCUT2D eigenvalue weighted by molar-refractivity contribution is 5.91. The molecule has 1 aliphatic rings. The van der Waals surface area contributed by atoms with Crippen LogP contribution in [0.15, 0.2) is 18.2 Å². The number of rotatable bonds is 6. The van der Waals surface area contributed by atoms with E-state index in [1.54, 1.807) is 18.7 Å². The first kappa shape index (κ1) is 17.1. The Morgan fingerprint density at radius 1 is 1.57 bits per heavy atom. The van der Waals surface area contributed by atoms with Crippen LogP contribution < -0.4 is 10.1 Å². The molecule has 0 unspecified atom stereocenters. The zero-order valence-corrected chi connectivity index (χ0v) is 13.3. The molecule has 0 atom stereocenters. The van der Waals surface area contributed by atoms with Crippen molar-refractivity contribution in [2.24, 2.45) is 0 Å². The van der Waals surface area contributed by atoms with Crippen molar-refractivity contribution in [1.82, 2.24) is 4.90 Å². The number of carbonyl (C=O) groups is 1. The zero-order valence-electron chi connectivity index (χ0n) is 13.3. The van der Waals surface area contributed by atoms with Crippen molar-refractivity contribution in [3.63, 3.8) is 0 Å². The maximum absolute atomic E-state index is 13.5. The van der Waals surface area contributed by atoms with Crippen LogP contribution in [0.5, 0.6) is 5.75 Å². The molecule has 1 saturated carbocycles. The quantitative estimate of drug-likeness (QED) is 0.792. The van der Waals surface area contributed by atoms with Gasteiger partial charge in [-0.15, -0.1) is 6.42 Å². The summed E-state index contributed by atoms with van der Waals surface area (Å²) in [5, 5.41) is 12.6. The molecule has 0 bridgehead atoms. The number of hydrogen-bond acceptors (Lipinski definition) is 3. The molecular weight excluding hydrogens is 299 g/mol. The number of nitrogens with zero attached hydrogens (tertiary/aromatic N) is 1. The second kappa shape index (κ2) is 6.88. The number of ether oxygens (including phenoxy) is 1. The van der Waals surface area contributed by atoms with Gasteiger partial charge in [0.2, 0.25) is 0 Å². The first-order valence-corrected chi connectivity index (χ1v) is 7.46. The summed E-state index contributed by atoms with van der Waals surface area (Å²) in [4.78, 5) is 14.1. The number of benzene rings is 1. The van der Waals surface area contributed by atoms with Crippen LogP contribution in [0.2, 0.25) is 0 Å². The number of nitrogens with one attached hydrogen (secondary N) is 1. The van der Waals surface area contributed by atoms with Gasteiger partial charge in [0, 0.05) is 12.1 Å². The molecule has 1 fully saturated rings. The molecule has 2 amide bonds. The maximum atomic E-state index is 13.5. The van der Waals surface area contributed by atoms with Crippen molar-refractivity contribution in [2.75, 3.05) is 18.5 Å². The molecule has 1 aromatic carbocycles. The number of halogens is 1. The van der Waals surface area contributed by atoms with E-state index in [1.165, 1.54) is 18.2 Å². The van der Waals surface area contributed by atoms with Gasteiger partial charge in [0.1, 0.15) is 18.2 Å². The molecule has 1 aliphatic carbocycles. The minimum Gasteiger partial charge on any atom is -0.479 e. The van der Waals surface area contributed by atoms with Gasteiger partial charge in [0.25, 0.3) is 0 Å². The van der Waals surface area contributed by atoms with E-state index in [4.69, 9.17) is 11.2 Å². The number of anilines is 1. The Morgan fingerprint density at radius 2 is 2.26 bits per heavy atom. The average molecular weight is 320 g/mol. The van der Waals surface area contributed by atoms with Gasteiger partial charge in [-0.1, -0.05) is 5.92 Å². The van der Waals surface area contributed by atoms with Crippen LogP contribution in [0.1, 0.15) is 26.7 Å². The Kier molecular flexibility index (Phi) is 5.12. The fourth-order valence-electron chi connectivity index (χ4n) is 2.20. The Bertz CT molecular complexity index is 615. The molecule has 0 saturated heterocycles. The van der Waals surface area contributed by atoms with Crippen LogP contribution in [0.4, 0.5) is 14.9 Å². The minimum absolute atomic E-state index is 0.0184. The monoisotopic (exact) mass is 320 g/mol. The summed E-state index contributed by atoms with van der Waals surface area (Å²) in [5.41, 5.74) is -0.795. The summed E-state index contributed by atoms with van der Waals surface area (Å²) in [6.07, 6.45) is 6.94. The summed E-state index contributed by atoms with van der Waals surface area (Å²) in [5.74, 6) is 2.13. The molecule has 0 aliphatic heterocycles. The summed E-state index contributed by atoms with van der Waals surface area (Å²) < 4.78 is 18.8. The third-order valence-electron chi connectivity index (χ3n) is 3.30. The molecule has 6 heteroatoms. The van der Waals surface area contributed by atoms with E-state index in [1.807, 2.05) is 0 Å². The van der Waals surface area contributed by atoms with Crippen molar-refractivity contribution in [1.29, 1.82) is 0 Å². The highest BCUT2D eigenvalue weighted by Gasteiger charge is 2.35. The number of urea groups is 1. The molecule has 5 nitrogen and oxygen atoms in total. The van der Waals surface area contributed by atoms with Crippen molar-refractivity contribution in [3.8, 4) is 18.1 Å². The van der Waals surface area contributed by atoms with Gasteiger partial charge in [-0.3, -0.25) is 0 Å². The number of terminal acetylenes is 1. The SMILES string of the molecule is C#CCOc1ccc(F)cc1NC(=O)N(CC(C)(C)O)C1CC1. The van der Waals surface area contributed by atoms with Gasteiger partial charge < -0.3 is 20.1 Å². The smallest absolute Gasteiger partial charge is 0.322 e. The van der Waals surface area contributed by atoms with Crippen molar-refractivity contribution in [3.05, 3.63) is 24.0 Å². The molecule has 0 aromatic heterocycles. The molecular formula is C17H21FN2O3. The molecule has 124 valence electrons. The van der Waals surface area contributed by atoms with Crippen LogP contribution >= 0.6 is 0 Å². The number of aliphatic hydroxyl groups is 1. The fraction of sp³-hybridized carbons (Fsp3) is 0.471. The lowest BCUT2D eigenvalue weighted by molar-refractivity contribution is 0.0467. The fourth-order valence-corrected chi connectivity index (χ4v) is 2.20. The average Bonchev–Trinajstić information content (AvgIpc) is 3.27.